The van der Waals surface area contributed by atoms with Gasteiger partial charge in [0.2, 0.25) is 5.91 Å². The molecule has 2 heterocycles. The average molecular weight is 249 g/mol. The Balaban J connectivity index is 1.96. The highest BCUT2D eigenvalue weighted by Gasteiger charge is 2.38. The summed E-state index contributed by atoms with van der Waals surface area (Å²) in [5.74, 6) is -0.127. The van der Waals surface area contributed by atoms with Gasteiger partial charge in [0, 0.05) is 18.1 Å². The lowest BCUT2D eigenvalue weighted by atomic mass is 9.81. The molecule has 1 amide bonds. The summed E-state index contributed by atoms with van der Waals surface area (Å²) in [5, 5.41) is 12.0. The number of hydrogen-bond donors (Lipinski definition) is 1. The number of nitrogens with zero attached hydrogens (tertiary/aromatic N) is 2. The fraction of sp³-hybridized carbons (Fsp3) is 0.857. The smallest absolute Gasteiger partial charge is 0.240 e. The summed E-state index contributed by atoms with van der Waals surface area (Å²) in [6.45, 7) is 3.36. The first-order valence-electron chi connectivity index (χ1n) is 6.88. The molecule has 2 aliphatic rings. The van der Waals surface area contributed by atoms with Crippen molar-refractivity contribution in [2.24, 2.45) is 5.41 Å². The van der Waals surface area contributed by atoms with Crippen LogP contribution in [0.3, 0.4) is 0 Å². The molecule has 0 radical (unpaired) electrons. The van der Waals surface area contributed by atoms with Crippen molar-refractivity contribution in [1.29, 1.82) is 5.26 Å². The third kappa shape index (κ3) is 2.51. The molecular weight excluding hydrogens is 226 g/mol. The van der Waals surface area contributed by atoms with E-state index in [0.29, 0.717) is 12.1 Å². The molecular formula is C14H23N3O. The first-order chi connectivity index (χ1) is 8.44. The second-order valence-corrected chi connectivity index (χ2v) is 6.28. The van der Waals surface area contributed by atoms with E-state index in [-0.39, 0.29) is 11.9 Å². The Morgan fingerprint density at radius 1 is 1.33 bits per heavy atom. The first-order valence-corrected chi connectivity index (χ1v) is 6.88. The Bertz CT molecular complexity index is 358. The summed E-state index contributed by atoms with van der Waals surface area (Å²) in [6.07, 6.45) is 5.84. The number of nitrogens with one attached hydrogen (secondary N) is 1. The van der Waals surface area contributed by atoms with Crippen LogP contribution in [0.2, 0.25) is 0 Å². The molecule has 2 fully saturated rings. The Labute approximate surface area is 109 Å². The zero-order valence-electron chi connectivity index (χ0n) is 11.6. The van der Waals surface area contributed by atoms with Gasteiger partial charge in [0.15, 0.2) is 0 Å². The van der Waals surface area contributed by atoms with Crippen LogP contribution < -0.4 is 5.32 Å². The highest BCUT2D eigenvalue weighted by atomic mass is 16.2. The van der Waals surface area contributed by atoms with E-state index >= 15 is 0 Å². The monoisotopic (exact) mass is 249 g/mol. The molecule has 2 bridgehead atoms. The van der Waals surface area contributed by atoms with Crippen molar-refractivity contribution < 1.29 is 4.79 Å². The molecule has 2 unspecified atom stereocenters. The minimum absolute atomic E-state index is 0.127. The Morgan fingerprint density at radius 3 is 2.39 bits per heavy atom. The summed E-state index contributed by atoms with van der Waals surface area (Å²) in [5.41, 5.74) is -0.918. The van der Waals surface area contributed by atoms with Crippen LogP contribution in [0, 0.1) is 16.7 Å². The predicted molar refractivity (Wildman–Crippen MR) is 69.7 cm³/mol. The predicted octanol–water partition coefficient (Wildman–Crippen LogP) is 1.67. The van der Waals surface area contributed by atoms with Crippen LogP contribution in [0.1, 0.15) is 46.0 Å². The molecule has 0 saturated carbocycles. The lowest BCUT2D eigenvalue weighted by Crippen LogP contribution is -2.56. The highest BCUT2D eigenvalue weighted by Crippen LogP contribution is 2.32. The molecule has 0 aromatic rings. The van der Waals surface area contributed by atoms with E-state index in [9.17, 15) is 4.79 Å². The van der Waals surface area contributed by atoms with E-state index in [2.05, 4.69) is 23.3 Å². The normalized spacial score (nSPS) is 32.7. The molecule has 0 spiro atoms. The van der Waals surface area contributed by atoms with Crippen LogP contribution >= 0.6 is 0 Å². The van der Waals surface area contributed by atoms with Crippen LogP contribution in [-0.4, -0.2) is 36.0 Å². The minimum Gasteiger partial charge on any atom is -0.352 e. The molecule has 4 heteroatoms. The van der Waals surface area contributed by atoms with Crippen LogP contribution in [-0.2, 0) is 4.79 Å². The van der Waals surface area contributed by atoms with Gasteiger partial charge in [-0.3, -0.25) is 4.79 Å². The standard InChI is InChI=1S/C14H23N3O/c1-14(2,9-15)13(18)16-10-7-11-5-4-6-12(8-10)17(11)3/h10-12H,4-8H2,1-3H3,(H,16,18). The maximum absolute atomic E-state index is 12.0. The van der Waals surface area contributed by atoms with Crippen molar-refractivity contribution in [3.05, 3.63) is 0 Å². The molecule has 2 atom stereocenters. The molecule has 100 valence electrons. The lowest BCUT2D eigenvalue weighted by Gasteiger charge is -2.47. The van der Waals surface area contributed by atoms with E-state index in [4.69, 9.17) is 5.26 Å². The van der Waals surface area contributed by atoms with Crippen molar-refractivity contribution in [1.82, 2.24) is 10.2 Å². The van der Waals surface area contributed by atoms with Crippen molar-refractivity contribution in [2.45, 2.75) is 64.1 Å². The molecule has 4 nitrogen and oxygen atoms in total. The van der Waals surface area contributed by atoms with Crippen molar-refractivity contribution in [3.8, 4) is 6.07 Å². The zero-order valence-corrected chi connectivity index (χ0v) is 11.6. The molecule has 2 aliphatic heterocycles. The maximum atomic E-state index is 12.0. The largest absolute Gasteiger partial charge is 0.352 e. The molecule has 0 aromatic heterocycles. The van der Waals surface area contributed by atoms with Crippen molar-refractivity contribution >= 4 is 5.91 Å². The zero-order chi connectivity index (χ0) is 13.3. The summed E-state index contributed by atoms with van der Waals surface area (Å²) in [4.78, 5) is 14.5. The van der Waals surface area contributed by atoms with Gasteiger partial charge in [-0.15, -0.1) is 0 Å². The fourth-order valence-electron chi connectivity index (χ4n) is 3.15. The number of nitriles is 1. The van der Waals surface area contributed by atoms with Crippen molar-refractivity contribution in [2.75, 3.05) is 7.05 Å². The van der Waals surface area contributed by atoms with Gasteiger partial charge >= 0.3 is 0 Å². The van der Waals surface area contributed by atoms with Gasteiger partial charge in [0.05, 0.1) is 6.07 Å². The molecule has 2 saturated heterocycles. The second-order valence-electron chi connectivity index (χ2n) is 6.28. The third-order valence-corrected chi connectivity index (χ3v) is 4.52. The van der Waals surface area contributed by atoms with Gasteiger partial charge in [0.1, 0.15) is 5.41 Å². The third-order valence-electron chi connectivity index (χ3n) is 4.52. The second kappa shape index (κ2) is 4.89. The van der Waals surface area contributed by atoms with Gasteiger partial charge in [-0.2, -0.15) is 5.26 Å². The number of fused-ring (bicyclic) bond motifs is 2. The van der Waals surface area contributed by atoms with Crippen LogP contribution in [0.5, 0.6) is 0 Å². The number of piperidine rings is 2. The Kier molecular flexibility index (Phi) is 3.63. The van der Waals surface area contributed by atoms with E-state index in [0.717, 1.165) is 12.8 Å². The van der Waals surface area contributed by atoms with Gasteiger partial charge in [0.25, 0.3) is 0 Å². The number of amides is 1. The first kappa shape index (κ1) is 13.4. The van der Waals surface area contributed by atoms with E-state index in [1.54, 1.807) is 13.8 Å². The topological polar surface area (TPSA) is 56.1 Å². The molecule has 1 N–H and O–H groups in total. The molecule has 2 rings (SSSR count). The lowest BCUT2D eigenvalue weighted by molar-refractivity contribution is -0.128. The van der Waals surface area contributed by atoms with Crippen LogP contribution in [0.4, 0.5) is 0 Å². The minimum atomic E-state index is -0.918. The summed E-state index contributed by atoms with van der Waals surface area (Å²) in [6, 6.07) is 3.52. The van der Waals surface area contributed by atoms with Gasteiger partial charge < -0.3 is 10.2 Å². The Morgan fingerprint density at radius 2 is 1.89 bits per heavy atom. The van der Waals surface area contributed by atoms with Crippen LogP contribution in [0.15, 0.2) is 0 Å². The number of carbonyl (C=O) groups is 1. The molecule has 0 aromatic carbocycles. The van der Waals surface area contributed by atoms with Gasteiger partial charge in [-0.05, 0) is 46.6 Å². The highest BCUT2D eigenvalue weighted by molar-refractivity contribution is 5.84. The summed E-state index contributed by atoms with van der Waals surface area (Å²) >= 11 is 0. The van der Waals surface area contributed by atoms with Gasteiger partial charge in [-0.1, -0.05) is 6.42 Å². The number of carbonyl (C=O) groups excluding carboxylic acids is 1. The van der Waals surface area contributed by atoms with Crippen LogP contribution in [0.25, 0.3) is 0 Å². The average Bonchev–Trinajstić information content (AvgIpc) is 2.30. The quantitative estimate of drug-likeness (QED) is 0.810. The molecule has 0 aliphatic carbocycles. The van der Waals surface area contributed by atoms with Gasteiger partial charge in [-0.25, -0.2) is 0 Å². The fourth-order valence-corrected chi connectivity index (χ4v) is 3.15. The van der Waals surface area contributed by atoms with E-state index < -0.39 is 5.41 Å². The SMILES string of the molecule is CN1C2CCCC1CC(NC(=O)C(C)(C)C#N)C2. The molecule has 18 heavy (non-hydrogen) atoms. The Hall–Kier alpha value is -1.08. The summed E-state index contributed by atoms with van der Waals surface area (Å²) in [7, 11) is 2.20. The summed E-state index contributed by atoms with van der Waals surface area (Å²) < 4.78 is 0. The maximum Gasteiger partial charge on any atom is 0.240 e. The number of rotatable bonds is 2. The van der Waals surface area contributed by atoms with E-state index in [1.165, 1.54) is 19.3 Å². The number of hydrogen-bond acceptors (Lipinski definition) is 3. The van der Waals surface area contributed by atoms with Crippen molar-refractivity contribution in [3.63, 3.8) is 0 Å². The van der Waals surface area contributed by atoms with E-state index in [1.807, 2.05) is 0 Å².